The molecule has 0 saturated carbocycles. The number of halogens is 2. The Labute approximate surface area is 176 Å². The molecule has 4 heterocycles. The highest BCUT2D eigenvalue weighted by molar-refractivity contribution is 5.98. The zero-order valence-corrected chi connectivity index (χ0v) is 16.4. The Bertz CT molecular complexity index is 1240. The molecule has 0 bridgehead atoms. The highest BCUT2D eigenvalue weighted by atomic mass is 19.2. The average molecular weight is 423 g/mol. The maximum atomic E-state index is 13.4. The van der Waals surface area contributed by atoms with Crippen molar-refractivity contribution in [2.24, 2.45) is 0 Å². The van der Waals surface area contributed by atoms with Crippen molar-refractivity contribution in [1.29, 1.82) is 0 Å². The molecule has 5 rings (SSSR count). The van der Waals surface area contributed by atoms with E-state index in [2.05, 4.69) is 20.3 Å². The lowest BCUT2D eigenvalue weighted by Gasteiger charge is -2.23. The number of aromatic nitrogens is 5. The first kappa shape index (κ1) is 19.3. The number of nitrogen functional groups attached to an aromatic ring is 1. The number of piperidine rings is 1. The highest BCUT2D eigenvalue weighted by Crippen LogP contribution is 2.33. The Morgan fingerprint density at radius 1 is 1.10 bits per heavy atom. The minimum atomic E-state index is -0.987. The van der Waals surface area contributed by atoms with Gasteiger partial charge in [-0.1, -0.05) is 0 Å². The van der Waals surface area contributed by atoms with Gasteiger partial charge in [0.2, 0.25) is 5.88 Å². The molecular weight excluding hydrogens is 404 g/mol. The average Bonchev–Trinajstić information content (AvgIpc) is 3.19. The van der Waals surface area contributed by atoms with Gasteiger partial charge in [-0.2, -0.15) is 5.10 Å². The van der Waals surface area contributed by atoms with E-state index in [4.69, 9.17) is 15.6 Å². The van der Waals surface area contributed by atoms with Gasteiger partial charge in [0.25, 0.3) is 0 Å². The third kappa shape index (κ3) is 3.66. The summed E-state index contributed by atoms with van der Waals surface area (Å²) in [7, 11) is 0. The minimum absolute atomic E-state index is 0.149. The predicted molar refractivity (Wildman–Crippen MR) is 111 cm³/mol. The van der Waals surface area contributed by atoms with Crippen LogP contribution in [0.3, 0.4) is 0 Å². The van der Waals surface area contributed by atoms with Gasteiger partial charge < -0.3 is 15.8 Å². The lowest BCUT2D eigenvalue weighted by atomic mass is 10.1. The van der Waals surface area contributed by atoms with Crippen LogP contribution in [0, 0.1) is 11.6 Å². The Morgan fingerprint density at radius 3 is 2.74 bits per heavy atom. The highest BCUT2D eigenvalue weighted by Gasteiger charge is 2.23. The second kappa shape index (κ2) is 7.88. The number of nitrogens with one attached hydrogen (secondary N) is 1. The molecule has 8 nitrogen and oxygen atoms in total. The topological polar surface area (TPSA) is 104 Å². The van der Waals surface area contributed by atoms with E-state index in [9.17, 15) is 8.78 Å². The van der Waals surface area contributed by atoms with Gasteiger partial charge in [0.15, 0.2) is 17.3 Å². The van der Waals surface area contributed by atoms with Gasteiger partial charge in [0.05, 0.1) is 11.4 Å². The molecule has 3 N–H and O–H groups in total. The summed E-state index contributed by atoms with van der Waals surface area (Å²) < 4.78 is 33.9. The summed E-state index contributed by atoms with van der Waals surface area (Å²) in [5.74, 6) is -1.20. The molecular formula is C21H19F2N7O. The number of nitrogens with two attached hydrogens (primary N) is 1. The van der Waals surface area contributed by atoms with Gasteiger partial charge in [-0.05, 0) is 37.6 Å². The summed E-state index contributed by atoms with van der Waals surface area (Å²) >= 11 is 0. The quantitative estimate of drug-likeness (QED) is 0.518. The van der Waals surface area contributed by atoms with Crippen molar-refractivity contribution in [3.63, 3.8) is 0 Å². The molecule has 1 aliphatic rings. The molecule has 1 fully saturated rings. The zero-order chi connectivity index (χ0) is 21.4. The molecule has 1 aliphatic heterocycles. The lowest BCUT2D eigenvalue weighted by molar-refractivity contribution is 0.354. The molecule has 0 spiro atoms. The van der Waals surface area contributed by atoms with Gasteiger partial charge in [-0.3, -0.25) is 0 Å². The number of benzene rings is 1. The molecule has 10 heteroatoms. The number of hydrogen-bond acceptors (Lipinski definition) is 7. The fourth-order valence-corrected chi connectivity index (χ4v) is 3.74. The Kier molecular flexibility index (Phi) is 4.91. The van der Waals surface area contributed by atoms with Crippen LogP contribution in [0.4, 0.5) is 14.6 Å². The Balaban J connectivity index is 1.49. The number of hydrogen-bond donors (Lipinski definition) is 2. The molecule has 0 radical (unpaired) electrons. The number of anilines is 1. The van der Waals surface area contributed by atoms with Crippen LogP contribution >= 0.6 is 0 Å². The van der Waals surface area contributed by atoms with Gasteiger partial charge >= 0.3 is 0 Å². The van der Waals surface area contributed by atoms with E-state index >= 15 is 0 Å². The van der Waals surface area contributed by atoms with Crippen LogP contribution in [0.1, 0.15) is 18.9 Å². The molecule has 1 atom stereocenters. The van der Waals surface area contributed by atoms with Crippen LogP contribution in [0.15, 0.2) is 42.9 Å². The van der Waals surface area contributed by atoms with Crippen LogP contribution in [-0.2, 0) is 0 Å². The van der Waals surface area contributed by atoms with E-state index in [1.807, 2.05) is 4.68 Å². The minimum Gasteiger partial charge on any atom is -0.439 e. The summed E-state index contributed by atoms with van der Waals surface area (Å²) in [4.78, 5) is 12.8. The van der Waals surface area contributed by atoms with Crippen molar-refractivity contribution >= 4 is 16.9 Å². The van der Waals surface area contributed by atoms with E-state index in [1.54, 1.807) is 18.3 Å². The molecule has 3 aromatic heterocycles. The Morgan fingerprint density at radius 2 is 2.00 bits per heavy atom. The van der Waals surface area contributed by atoms with Gasteiger partial charge in [-0.25, -0.2) is 28.4 Å². The van der Waals surface area contributed by atoms with Crippen molar-refractivity contribution in [2.45, 2.75) is 18.9 Å². The summed E-state index contributed by atoms with van der Waals surface area (Å²) in [6.45, 7) is 1.79. The van der Waals surface area contributed by atoms with Crippen LogP contribution < -0.4 is 15.8 Å². The normalized spacial score (nSPS) is 16.5. The number of ether oxygens (including phenoxy) is 1. The molecule has 0 unspecified atom stereocenters. The summed E-state index contributed by atoms with van der Waals surface area (Å²) in [6.07, 6.45) is 5.08. The maximum Gasteiger partial charge on any atom is 0.219 e. The van der Waals surface area contributed by atoms with Gasteiger partial charge in [0, 0.05) is 30.4 Å². The van der Waals surface area contributed by atoms with Crippen LogP contribution in [-0.4, -0.2) is 37.8 Å². The van der Waals surface area contributed by atoms with E-state index in [-0.39, 0.29) is 17.7 Å². The molecule has 0 aliphatic carbocycles. The van der Waals surface area contributed by atoms with E-state index in [0.717, 1.165) is 38.1 Å². The molecule has 4 aromatic rings. The van der Waals surface area contributed by atoms with Crippen molar-refractivity contribution in [2.75, 3.05) is 18.8 Å². The summed E-state index contributed by atoms with van der Waals surface area (Å²) in [5.41, 5.74) is 8.19. The van der Waals surface area contributed by atoms with Crippen molar-refractivity contribution < 1.29 is 13.5 Å². The maximum absolute atomic E-state index is 13.4. The fourth-order valence-electron chi connectivity index (χ4n) is 3.74. The van der Waals surface area contributed by atoms with E-state index < -0.39 is 11.6 Å². The van der Waals surface area contributed by atoms with Crippen molar-refractivity contribution in [3.8, 4) is 22.9 Å². The van der Waals surface area contributed by atoms with Crippen LogP contribution in [0.2, 0.25) is 0 Å². The second-order valence-corrected chi connectivity index (χ2v) is 7.31. The number of rotatable bonds is 4. The van der Waals surface area contributed by atoms with Crippen molar-refractivity contribution in [1.82, 2.24) is 30.0 Å². The first-order valence-electron chi connectivity index (χ1n) is 9.89. The largest absolute Gasteiger partial charge is 0.439 e. The number of fused-ring (bicyclic) bond motifs is 1. The number of nitrogens with zero attached hydrogens (tertiary/aromatic N) is 5. The third-order valence-corrected chi connectivity index (χ3v) is 5.26. The van der Waals surface area contributed by atoms with E-state index in [0.29, 0.717) is 28.1 Å². The smallest absolute Gasteiger partial charge is 0.219 e. The Hall–Kier alpha value is -3.66. The first-order valence-corrected chi connectivity index (χ1v) is 9.89. The van der Waals surface area contributed by atoms with E-state index in [1.165, 1.54) is 12.4 Å². The van der Waals surface area contributed by atoms with Crippen molar-refractivity contribution in [3.05, 3.63) is 54.5 Å². The zero-order valence-electron chi connectivity index (χ0n) is 16.4. The number of pyridine rings is 1. The molecule has 158 valence electrons. The summed E-state index contributed by atoms with van der Waals surface area (Å²) in [6, 6.07) is 6.88. The molecule has 31 heavy (non-hydrogen) atoms. The van der Waals surface area contributed by atoms with Crippen LogP contribution in [0.25, 0.3) is 22.3 Å². The first-order chi connectivity index (χ1) is 15.1. The second-order valence-electron chi connectivity index (χ2n) is 7.31. The van der Waals surface area contributed by atoms with Gasteiger partial charge in [0.1, 0.15) is 23.6 Å². The molecule has 0 amide bonds. The monoisotopic (exact) mass is 423 g/mol. The standard InChI is InChI=1S/C21H19F2N7O/c22-15-5-4-14(8-16(15)23)31-17-6-3-12(9-26-17)19-18-20(24)27-11-28-21(18)30(29-19)13-2-1-7-25-10-13/h3-6,8-9,11,13,25H,1-2,7,10H2,(H2,24,27,28)/t13-/m1/s1. The van der Waals surface area contributed by atoms with Crippen LogP contribution in [0.5, 0.6) is 11.6 Å². The molecule has 1 aromatic carbocycles. The van der Waals surface area contributed by atoms with Gasteiger partial charge in [-0.15, -0.1) is 0 Å². The lowest BCUT2D eigenvalue weighted by Crippen LogP contribution is -2.32. The SMILES string of the molecule is Nc1ncnc2c1c(-c1ccc(Oc3ccc(F)c(F)c3)nc1)nn2[C@@H]1CCCNC1. The fraction of sp³-hybridized carbons (Fsp3) is 0.238. The third-order valence-electron chi connectivity index (χ3n) is 5.26. The molecule has 1 saturated heterocycles. The summed E-state index contributed by atoms with van der Waals surface area (Å²) in [5, 5.41) is 8.86. The predicted octanol–water partition coefficient (Wildman–Crippen LogP) is 3.47.